The second-order valence-electron chi connectivity index (χ2n) is 7.80. The number of nitrogens with zero attached hydrogens (tertiary/aromatic N) is 3. The Morgan fingerprint density at radius 3 is 2.93 bits per heavy atom. The number of alkyl halides is 2. The number of hydrogen-bond acceptors (Lipinski definition) is 3. The highest BCUT2D eigenvalue weighted by atomic mass is 19.3. The Kier molecular flexibility index (Phi) is 3.82. The molecule has 1 saturated heterocycles. The number of nitrogens with one attached hydrogen (secondary N) is 1. The summed E-state index contributed by atoms with van der Waals surface area (Å²) in [7, 11) is 0. The van der Waals surface area contributed by atoms with Crippen molar-refractivity contribution in [3.8, 4) is 11.3 Å². The van der Waals surface area contributed by atoms with E-state index in [0.29, 0.717) is 19.6 Å². The van der Waals surface area contributed by atoms with Gasteiger partial charge in [0.2, 0.25) is 5.92 Å². The molecule has 1 N–H and O–H groups in total. The maximum atomic E-state index is 13.8. The van der Waals surface area contributed by atoms with Crippen LogP contribution in [0.2, 0.25) is 0 Å². The van der Waals surface area contributed by atoms with E-state index in [1.54, 1.807) is 6.20 Å². The van der Waals surface area contributed by atoms with Crippen molar-refractivity contribution in [3.05, 3.63) is 35.8 Å². The molecule has 5 rings (SSSR count). The van der Waals surface area contributed by atoms with E-state index in [2.05, 4.69) is 16.0 Å². The molecule has 0 unspecified atom stereocenters. The number of aromatic nitrogens is 4. The van der Waals surface area contributed by atoms with Gasteiger partial charge in [0.1, 0.15) is 5.65 Å². The Morgan fingerprint density at radius 1 is 1.30 bits per heavy atom. The van der Waals surface area contributed by atoms with E-state index in [9.17, 15) is 8.78 Å². The maximum absolute atomic E-state index is 13.8. The molecule has 2 fully saturated rings. The lowest BCUT2D eigenvalue weighted by Gasteiger charge is -2.17. The zero-order chi connectivity index (χ0) is 18.6. The largest absolute Gasteiger partial charge is 0.381 e. The summed E-state index contributed by atoms with van der Waals surface area (Å²) in [6.07, 6.45) is 4.89. The molecule has 142 valence electrons. The number of ether oxygens (including phenoxy) is 1. The van der Waals surface area contributed by atoms with Gasteiger partial charge in [0, 0.05) is 54.4 Å². The van der Waals surface area contributed by atoms with Crippen molar-refractivity contribution in [1.29, 1.82) is 0 Å². The lowest BCUT2D eigenvalue weighted by atomic mass is 10.0. The van der Waals surface area contributed by atoms with Gasteiger partial charge in [0.25, 0.3) is 0 Å². The van der Waals surface area contributed by atoms with E-state index < -0.39 is 5.92 Å². The van der Waals surface area contributed by atoms with Gasteiger partial charge in [0.15, 0.2) is 0 Å². The first kappa shape index (κ1) is 16.9. The molecule has 0 bridgehead atoms. The summed E-state index contributed by atoms with van der Waals surface area (Å²) in [4.78, 5) is 7.63. The summed E-state index contributed by atoms with van der Waals surface area (Å²) in [5.41, 5.74) is 4.68. The third-order valence-electron chi connectivity index (χ3n) is 5.87. The molecule has 2 atom stereocenters. The summed E-state index contributed by atoms with van der Waals surface area (Å²) in [5, 5.41) is 5.83. The lowest BCUT2D eigenvalue weighted by molar-refractivity contribution is 0.00505. The Bertz CT molecular complexity index is 987. The summed E-state index contributed by atoms with van der Waals surface area (Å²) < 4.78 is 35.0. The molecular formula is C20H22F2N4O. The van der Waals surface area contributed by atoms with Crippen LogP contribution in [-0.4, -0.2) is 38.9 Å². The van der Waals surface area contributed by atoms with Crippen molar-refractivity contribution in [2.45, 2.75) is 50.5 Å². The van der Waals surface area contributed by atoms with E-state index in [0.717, 1.165) is 40.0 Å². The van der Waals surface area contributed by atoms with Crippen LogP contribution in [0.1, 0.15) is 48.9 Å². The van der Waals surface area contributed by atoms with Gasteiger partial charge < -0.3 is 9.72 Å². The molecule has 4 heterocycles. The number of H-pyrrole nitrogens is 1. The third-order valence-corrected chi connectivity index (χ3v) is 5.87. The molecular weight excluding hydrogens is 350 g/mol. The fourth-order valence-corrected chi connectivity index (χ4v) is 4.33. The van der Waals surface area contributed by atoms with Crippen molar-refractivity contribution < 1.29 is 13.5 Å². The average molecular weight is 372 g/mol. The second-order valence-corrected chi connectivity index (χ2v) is 7.80. The van der Waals surface area contributed by atoms with Gasteiger partial charge in [-0.1, -0.05) is 0 Å². The number of pyridine rings is 1. The van der Waals surface area contributed by atoms with Crippen LogP contribution in [0.3, 0.4) is 0 Å². The van der Waals surface area contributed by atoms with Crippen LogP contribution >= 0.6 is 0 Å². The molecule has 0 spiro atoms. The first-order chi connectivity index (χ1) is 13.0. The molecule has 0 amide bonds. The fraction of sp³-hybridized carbons (Fsp3) is 0.500. The lowest BCUT2D eigenvalue weighted by Crippen LogP contribution is -2.16. The highest BCUT2D eigenvalue weighted by Gasteiger charge is 2.42. The van der Waals surface area contributed by atoms with Crippen LogP contribution < -0.4 is 0 Å². The molecule has 5 nitrogen and oxygen atoms in total. The number of fused-ring (bicyclic) bond motifs is 1. The van der Waals surface area contributed by atoms with Crippen molar-refractivity contribution in [3.63, 3.8) is 0 Å². The second kappa shape index (κ2) is 6.12. The molecule has 1 aliphatic carbocycles. The Balaban J connectivity index is 1.58. The molecule has 27 heavy (non-hydrogen) atoms. The molecule has 3 aromatic heterocycles. The smallest absolute Gasteiger partial charge is 0.250 e. The number of halogens is 2. The fourth-order valence-electron chi connectivity index (χ4n) is 4.33. The molecule has 7 heteroatoms. The van der Waals surface area contributed by atoms with E-state index in [4.69, 9.17) is 9.84 Å². The predicted octanol–water partition coefficient (Wildman–Crippen LogP) is 4.60. The number of rotatable bonds is 3. The van der Waals surface area contributed by atoms with Gasteiger partial charge in [0.05, 0.1) is 18.3 Å². The molecule has 2 aliphatic rings. The summed E-state index contributed by atoms with van der Waals surface area (Å²) >= 11 is 0. The highest BCUT2D eigenvalue weighted by molar-refractivity contribution is 5.83. The average Bonchev–Trinajstić information content (AvgIpc) is 3.40. The topological polar surface area (TPSA) is 55.7 Å². The van der Waals surface area contributed by atoms with Crippen LogP contribution in [0, 0.1) is 6.92 Å². The predicted molar refractivity (Wildman–Crippen MR) is 98.1 cm³/mol. The number of aromatic amines is 1. The van der Waals surface area contributed by atoms with Crippen molar-refractivity contribution >= 4 is 11.0 Å². The minimum Gasteiger partial charge on any atom is -0.381 e. The molecule has 0 radical (unpaired) electrons. The Morgan fingerprint density at radius 2 is 2.19 bits per heavy atom. The molecule has 1 saturated carbocycles. The van der Waals surface area contributed by atoms with Gasteiger partial charge in [-0.25, -0.2) is 13.8 Å². The zero-order valence-electron chi connectivity index (χ0n) is 15.2. The monoisotopic (exact) mass is 372 g/mol. The Hall–Kier alpha value is -2.28. The minimum atomic E-state index is -2.59. The normalized spacial score (nSPS) is 24.9. The highest BCUT2D eigenvalue weighted by Crippen LogP contribution is 2.43. The third kappa shape index (κ3) is 2.94. The molecule has 0 aromatic carbocycles. The zero-order valence-corrected chi connectivity index (χ0v) is 15.2. The van der Waals surface area contributed by atoms with E-state index >= 15 is 0 Å². The van der Waals surface area contributed by atoms with Crippen LogP contribution in [0.5, 0.6) is 0 Å². The van der Waals surface area contributed by atoms with Gasteiger partial charge in [-0.3, -0.25) is 4.68 Å². The summed E-state index contributed by atoms with van der Waals surface area (Å²) in [5.74, 6) is -2.38. The Labute approximate surface area is 155 Å². The number of aryl methyl sites for hydroxylation is 1. The summed E-state index contributed by atoms with van der Waals surface area (Å²) in [6, 6.07) is 3.86. The van der Waals surface area contributed by atoms with Crippen molar-refractivity contribution in [1.82, 2.24) is 19.7 Å². The van der Waals surface area contributed by atoms with Gasteiger partial charge >= 0.3 is 0 Å². The minimum absolute atomic E-state index is 0.0659. The van der Waals surface area contributed by atoms with Gasteiger partial charge in [-0.15, -0.1) is 0 Å². The van der Waals surface area contributed by atoms with Crippen LogP contribution in [-0.2, 0) is 4.74 Å². The van der Waals surface area contributed by atoms with Crippen LogP contribution in [0.15, 0.2) is 24.5 Å². The van der Waals surface area contributed by atoms with Gasteiger partial charge in [-0.2, -0.15) is 5.10 Å². The first-order valence-electron chi connectivity index (χ1n) is 9.49. The van der Waals surface area contributed by atoms with E-state index in [1.807, 2.05) is 23.9 Å². The SMILES string of the molecule is Cc1c[nH]c2ncc(-c3cc([C@H]4CCOC4)n([C@H]4CCC(F)(F)C4)n3)cc12. The van der Waals surface area contributed by atoms with E-state index in [1.165, 1.54) is 0 Å². The first-order valence-corrected chi connectivity index (χ1v) is 9.49. The van der Waals surface area contributed by atoms with E-state index in [-0.39, 0.29) is 24.8 Å². The van der Waals surface area contributed by atoms with Gasteiger partial charge in [-0.05, 0) is 37.5 Å². The standard InChI is InChI=1S/C20H22F2N4O/c1-12-9-23-19-16(12)6-14(10-24-19)17-7-18(13-3-5-27-11-13)26(25-17)15-2-4-20(21,22)8-15/h6-7,9-10,13,15H,2-5,8,11H2,1H3,(H,23,24)/t13-,15-/m0/s1. The van der Waals surface area contributed by atoms with Crippen molar-refractivity contribution in [2.24, 2.45) is 0 Å². The number of hydrogen-bond donors (Lipinski definition) is 1. The van der Waals surface area contributed by atoms with Crippen LogP contribution in [0.25, 0.3) is 22.3 Å². The van der Waals surface area contributed by atoms with Crippen molar-refractivity contribution in [2.75, 3.05) is 13.2 Å². The maximum Gasteiger partial charge on any atom is 0.250 e. The quantitative estimate of drug-likeness (QED) is 0.731. The van der Waals surface area contributed by atoms with Crippen LogP contribution in [0.4, 0.5) is 8.78 Å². The molecule has 1 aliphatic heterocycles. The summed E-state index contributed by atoms with van der Waals surface area (Å²) in [6.45, 7) is 3.37. The molecule has 3 aromatic rings.